The molecule has 3 N–H and O–H groups in total. The molecule has 1 aliphatic rings. The third kappa shape index (κ3) is 2.27. The van der Waals surface area contributed by atoms with Crippen LogP contribution in [0.3, 0.4) is 0 Å². The van der Waals surface area contributed by atoms with Gasteiger partial charge in [0.1, 0.15) is 11.5 Å². The molecule has 1 aromatic carbocycles. The lowest BCUT2D eigenvalue weighted by Gasteiger charge is -2.12. The van der Waals surface area contributed by atoms with Crippen LogP contribution in [0, 0.1) is 13.7 Å². The number of imide groups is 1. The number of nitrogens with two attached hydrogens (primary N) is 1. The molecule has 0 saturated heterocycles. The summed E-state index contributed by atoms with van der Waals surface area (Å²) in [5.74, 6) is -1.79. The van der Waals surface area contributed by atoms with Crippen molar-refractivity contribution in [2.24, 2.45) is 0 Å². The highest BCUT2D eigenvalue weighted by Crippen LogP contribution is 2.28. The monoisotopic (exact) mass is 426 g/mol. The maximum absolute atomic E-state index is 12.3. The number of hydrogen-bond donors (Lipinski definition) is 2. The van der Waals surface area contributed by atoms with Crippen LogP contribution >= 0.6 is 22.6 Å². The third-order valence-corrected chi connectivity index (χ3v) is 4.00. The Labute approximate surface area is 141 Å². The van der Waals surface area contributed by atoms with Gasteiger partial charge in [0.25, 0.3) is 23.1 Å². The summed E-state index contributed by atoms with van der Waals surface area (Å²) in [7, 11) is 0. The largest absolute Gasteiger partial charge is 0.384 e. The Morgan fingerprint density at radius 2 is 1.87 bits per heavy atom. The number of nitro groups is 1. The molecule has 9 nitrogen and oxygen atoms in total. The number of fused-ring (bicyclic) bond motifs is 1. The molecule has 0 fully saturated rings. The topological polar surface area (TPSA) is 137 Å². The molecule has 1 aromatic heterocycles. The molecule has 116 valence electrons. The first-order valence-electron chi connectivity index (χ1n) is 6.16. The maximum atomic E-state index is 12.3. The van der Waals surface area contributed by atoms with Crippen molar-refractivity contribution in [2.45, 2.75) is 0 Å². The molecule has 0 saturated carbocycles. The lowest BCUT2D eigenvalue weighted by Crippen LogP contribution is -2.24. The van der Waals surface area contributed by atoms with E-state index in [1.807, 2.05) is 27.9 Å². The summed E-state index contributed by atoms with van der Waals surface area (Å²) in [6.07, 6.45) is 0. The molecule has 23 heavy (non-hydrogen) atoms. The first kappa shape index (κ1) is 15.1. The number of nitrogens with zero attached hydrogens (tertiary/aromatic N) is 2. The molecule has 2 aromatic rings. The second-order valence-electron chi connectivity index (χ2n) is 4.67. The summed E-state index contributed by atoms with van der Waals surface area (Å²) in [4.78, 5) is 46.3. The minimum absolute atomic E-state index is 0.0761. The molecule has 0 spiro atoms. The van der Waals surface area contributed by atoms with Gasteiger partial charge in [0.05, 0.1) is 16.1 Å². The lowest BCUT2D eigenvalue weighted by atomic mass is 10.1. The van der Waals surface area contributed by atoms with Gasteiger partial charge in [-0.15, -0.1) is 0 Å². The van der Waals surface area contributed by atoms with Gasteiger partial charge in [0.2, 0.25) is 0 Å². The third-order valence-electron chi connectivity index (χ3n) is 3.33. The summed E-state index contributed by atoms with van der Waals surface area (Å²) in [5.41, 5.74) is 4.40. The van der Waals surface area contributed by atoms with Crippen LogP contribution in [0.5, 0.6) is 0 Å². The van der Waals surface area contributed by atoms with Crippen LogP contribution < -0.4 is 16.6 Å². The fraction of sp³-hybridized carbons (Fsp3) is 0. The molecule has 0 unspecified atom stereocenters. The highest BCUT2D eigenvalue weighted by molar-refractivity contribution is 14.1. The van der Waals surface area contributed by atoms with Crippen molar-refractivity contribution in [1.29, 1.82) is 0 Å². The van der Waals surface area contributed by atoms with Gasteiger partial charge in [-0.1, -0.05) is 0 Å². The second-order valence-corrected chi connectivity index (χ2v) is 5.91. The van der Waals surface area contributed by atoms with Crippen molar-refractivity contribution >= 4 is 45.9 Å². The van der Waals surface area contributed by atoms with Gasteiger partial charge in [-0.05, 0) is 34.7 Å². The molecular weight excluding hydrogens is 419 g/mol. The van der Waals surface area contributed by atoms with E-state index in [2.05, 4.69) is 0 Å². The van der Waals surface area contributed by atoms with E-state index in [1.54, 1.807) is 6.07 Å². The van der Waals surface area contributed by atoms with Crippen molar-refractivity contribution in [2.75, 3.05) is 5.73 Å². The minimum Gasteiger partial charge on any atom is -0.384 e. The Balaban J connectivity index is 2.38. The van der Waals surface area contributed by atoms with E-state index in [0.717, 1.165) is 10.6 Å². The van der Waals surface area contributed by atoms with Gasteiger partial charge in [-0.25, -0.2) is 0 Å². The van der Waals surface area contributed by atoms with E-state index in [-0.39, 0.29) is 28.3 Å². The zero-order valence-corrected chi connectivity index (χ0v) is 13.4. The molecule has 3 rings (SSSR count). The Bertz CT molecular complexity index is 966. The first-order valence-corrected chi connectivity index (χ1v) is 7.24. The van der Waals surface area contributed by atoms with E-state index in [0.29, 0.717) is 3.57 Å². The maximum Gasteiger partial charge on any atom is 0.294 e. The predicted octanol–water partition coefficient (Wildman–Crippen LogP) is 0.816. The fourth-order valence-corrected chi connectivity index (χ4v) is 2.83. The smallest absolute Gasteiger partial charge is 0.294 e. The van der Waals surface area contributed by atoms with E-state index in [1.165, 1.54) is 12.1 Å². The van der Waals surface area contributed by atoms with Gasteiger partial charge in [-0.3, -0.25) is 34.4 Å². The normalized spacial score (nSPS) is 12.9. The zero-order chi connectivity index (χ0) is 16.9. The zero-order valence-electron chi connectivity index (χ0n) is 11.2. The van der Waals surface area contributed by atoms with Gasteiger partial charge < -0.3 is 5.73 Å². The van der Waals surface area contributed by atoms with Crippen LogP contribution in [-0.2, 0) is 0 Å². The van der Waals surface area contributed by atoms with Crippen LogP contribution in [0.25, 0.3) is 5.69 Å². The van der Waals surface area contributed by atoms with E-state index >= 15 is 0 Å². The number of carbonyl (C=O) groups excluding carboxylic acids is 2. The number of aromatic nitrogens is 1. The van der Waals surface area contributed by atoms with Crippen molar-refractivity contribution < 1.29 is 14.5 Å². The van der Waals surface area contributed by atoms with Gasteiger partial charge >= 0.3 is 0 Å². The van der Waals surface area contributed by atoms with Crippen molar-refractivity contribution in [3.63, 3.8) is 0 Å². The van der Waals surface area contributed by atoms with Crippen LogP contribution in [0.2, 0.25) is 0 Å². The Morgan fingerprint density at radius 1 is 1.17 bits per heavy atom. The van der Waals surface area contributed by atoms with Crippen LogP contribution in [0.15, 0.2) is 29.1 Å². The van der Waals surface area contributed by atoms with E-state index in [9.17, 15) is 24.5 Å². The van der Waals surface area contributed by atoms with Gasteiger partial charge in [-0.2, -0.15) is 0 Å². The number of amides is 2. The quantitative estimate of drug-likeness (QED) is 0.316. The lowest BCUT2D eigenvalue weighted by molar-refractivity contribution is -0.384. The second kappa shape index (κ2) is 5.15. The summed E-state index contributed by atoms with van der Waals surface area (Å²) in [6.45, 7) is 0. The molecule has 2 amide bonds. The molecule has 1 aliphatic heterocycles. The number of halogens is 1. The van der Waals surface area contributed by atoms with E-state index in [4.69, 9.17) is 5.73 Å². The average molecular weight is 426 g/mol. The Hall–Kier alpha value is -2.76. The predicted molar refractivity (Wildman–Crippen MR) is 87.6 cm³/mol. The van der Waals surface area contributed by atoms with Crippen molar-refractivity contribution in [3.05, 3.63) is 59.4 Å². The van der Waals surface area contributed by atoms with Crippen molar-refractivity contribution in [1.82, 2.24) is 9.88 Å². The molecule has 10 heteroatoms. The minimum atomic E-state index is -0.746. The average Bonchev–Trinajstić information content (AvgIpc) is 2.74. The van der Waals surface area contributed by atoms with Crippen LogP contribution in [0.4, 0.5) is 11.5 Å². The molecule has 0 aliphatic carbocycles. The van der Waals surface area contributed by atoms with Crippen molar-refractivity contribution in [3.8, 4) is 5.69 Å². The fourth-order valence-electron chi connectivity index (χ4n) is 2.36. The first-order chi connectivity index (χ1) is 10.8. The van der Waals surface area contributed by atoms with Crippen LogP contribution in [-0.4, -0.2) is 21.3 Å². The standard InChI is InChI=1S/C13H7IN4O5/c14-5-1-2-7(8(3-5)18(22)23)17-9(19)4-6-10(11(17)15)13(21)16-12(6)20/h1-4H,15H2,(H,16,20,21). The summed E-state index contributed by atoms with van der Waals surface area (Å²) in [5, 5.41) is 13.3. The number of hydrogen-bond acceptors (Lipinski definition) is 6. The number of pyridine rings is 1. The highest BCUT2D eigenvalue weighted by atomic mass is 127. The number of carbonyl (C=O) groups is 2. The Morgan fingerprint density at radius 3 is 2.52 bits per heavy atom. The van der Waals surface area contributed by atoms with E-state index < -0.39 is 22.3 Å². The molecule has 0 atom stereocenters. The number of benzene rings is 1. The van der Waals surface area contributed by atoms with Crippen LogP contribution in [0.1, 0.15) is 20.7 Å². The number of nitrogens with one attached hydrogen (secondary N) is 1. The molecule has 2 heterocycles. The number of nitrogen functional groups attached to an aromatic ring is 1. The SMILES string of the molecule is Nc1c2c(cc(=O)n1-c1ccc(I)cc1[N+](=O)[O-])C(=O)NC2=O. The Kier molecular flexibility index (Phi) is 3.39. The number of anilines is 1. The van der Waals surface area contributed by atoms with Gasteiger partial charge in [0.15, 0.2) is 0 Å². The summed E-state index contributed by atoms with van der Waals surface area (Å²) < 4.78 is 1.45. The summed E-state index contributed by atoms with van der Waals surface area (Å²) in [6, 6.07) is 5.14. The summed E-state index contributed by atoms with van der Waals surface area (Å²) >= 11 is 1.90. The molecular formula is C13H7IN4O5. The van der Waals surface area contributed by atoms with Gasteiger partial charge in [0, 0.05) is 15.7 Å². The number of rotatable bonds is 2. The molecule has 0 bridgehead atoms. The molecule has 0 radical (unpaired) electrons. The highest BCUT2D eigenvalue weighted by Gasteiger charge is 2.33. The number of nitro benzene ring substituents is 1.